The Hall–Kier alpha value is -5.00. The molecule has 15 nitrogen and oxygen atoms in total. The highest BCUT2D eigenvalue weighted by atomic mass is 35.5. The monoisotopic (exact) mass is 646 g/mol. The van der Waals surface area contributed by atoms with Crippen LogP contribution in [0.2, 0.25) is 5.28 Å². The van der Waals surface area contributed by atoms with Gasteiger partial charge in [-0.05, 0) is 92.2 Å². The van der Waals surface area contributed by atoms with Crippen LogP contribution in [0.25, 0.3) is 0 Å². The lowest BCUT2D eigenvalue weighted by Crippen LogP contribution is -2.09. The molecule has 0 amide bonds. The zero-order valence-electron chi connectivity index (χ0n) is 23.7. The quantitative estimate of drug-likeness (QED) is 0.0868. The van der Waals surface area contributed by atoms with E-state index in [1.807, 2.05) is 34.6 Å². The van der Waals surface area contributed by atoms with Gasteiger partial charge < -0.3 is 16.0 Å². The predicted octanol–water partition coefficient (Wildman–Crippen LogP) is 6.50. The topological polar surface area (TPSA) is 215 Å². The van der Waals surface area contributed by atoms with Gasteiger partial charge in [0.25, 0.3) is 15.8 Å². The van der Waals surface area contributed by atoms with Crippen molar-refractivity contribution in [3.63, 3.8) is 0 Å². The molecule has 0 fully saturated rings. The second-order valence-corrected chi connectivity index (χ2v) is 11.4. The van der Waals surface area contributed by atoms with Crippen molar-refractivity contribution in [1.82, 2.24) is 15.0 Å². The molecule has 0 radical (unpaired) electrons. The van der Waals surface area contributed by atoms with Crippen molar-refractivity contribution in [2.45, 2.75) is 39.5 Å². The Morgan fingerprint density at radius 3 is 1.86 bits per heavy atom. The first kappa shape index (κ1) is 31.9. The highest BCUT2D eigenvalue weighted by Crippen LogP contribution is 2.36. The number of nitro benzene ring substituents is 2. The number of anilines is 6. The molecule has 0 saturated heterocycles. The molecule has 0 unspecified atom stereocenters. The van der Waals surface area contributed by atoms with Crippen LogP contribution in [-0.2, 0) is 10.1 Å². The van der Waals surface area contributed by atoms with Crippen molar-refractivity contribution >= 4 is 67.7 Å². The minimum Gasteiger partial charge on any atom is -0.350 e. The number of hydrogen-bond donors (Lipinski definition) is 4. The van der Waals surface area contributed by atoms with E-state index in [2.05, 4.69) is 30.9 Å². The lowest BCUT2D eigenvalue weighted by Gasteiger charge is -2.19. The van der Waals surface area contributed by atoms with Crippen LogP contribution in [0, 0.1) is 60.7 Å². The van der Waals surface area contributed by atoms with Gasteiger partial charge in [0.05, 0.1) is 21.6 Å². The van der Waals surface area contributed by atoms with Crippen LogP contribution in [0.3, 0.4) is 0 Å². The first-order chi connectivity index (χ1) is 20.5. The number of aromatic nitrogens is 3. The molecular formula is C26H24ClFN8O7S. The molecule has 0 bridgehead atoms. The van der Waals surface area contributed by atoms with E-state index >= 15 is 0 Å². The molecule has 3 aromatic carbocycles. The fraction of sp³-hybridized carbons (Fsp3) is 0.192. The summed E-state index contributed by atoms with van der Waals surface area (Å²) in [4.78, 5) is 32.0. The van der Waals surface area contributed by atoms with E-state index in [0.29, 0.717) is 12.1 Å². The van der Waals surface area contributed by atoms with Gasteiger partial charge in [-0.15, -0.1) is 0 Å². The highest BCUT2D eigenvalue weighted by Gasteiger charge is 2.26. The molecule has 0 aliphatic heterocycles. The minimum atomic E-state index is -4.93. The molecule has 1 aromatic heterocycles. The van der Waals surface area contributed by atoms with Crippen LogP contribution in [-0.4, -0.2) is 37.8 Å². The van der Waals surface area contributed by atoms with Crippen molar-refractivity contribution in [2.24, 2.45) is 0 Å². The van der Waals surface area contributed by atoms with Gasteiger partial charge in [-0.1, -0.05) is 0 Å². The average Bonchev–Trinajstić information content (AvgIpc) is 2.93. The maximum absolute atomic E-state index is 14.2. The molecule has 4 aromatic rings. The molecule has 4 N–H and O–H groups in total. The summed E-state index contributed by atoms with van der Waals surface area (Å²) >= 11 is 6.13. The summed E-state index contributed by atoms with van der Waals surface area (Å²) in [5.74, 6) is -1.52. The smallest absolute Gasteiger partial charge is 0.311 e. The number of rotatable bonds is 9. The summed E-state index contributed by atoms with van der Waals surface area (Å²) in [6, 6.07) is 4.26. The van der Waals surface area contributed by atoms with E-state index in [9.17, 15) is 37.6 Å². The Morgan fingerprint density at radius 2 is 1.32 bits per heavy atom. The molecule has 18 heteroatoms. The predicted molar refractivity (Wildman–Crippen MR) is 161 cm³/mol. The van der Waals surface area contributed by atoms with E-state index in [0.717, 1.165) is 39.6 Å². The molecule has 230 valence electrons. The fourth-order valence-corrected chi connectivity index (χ4v) is 5.23. The van der Waals surface area contributed by atoms with Gasteiger partial charge in [0.2, 0.25) is 23.0 Å². The summed E-state index contributed by atoms with van der Waals surface area (Å²) in [5, 5.41) is 30.5. The SMILES string of the molecule is Cc1c(C)c(C)c(Nc2nc(Cl)nc(Nc3ccc(Nc4cc(F)c([N+](=O)[O-])cc4[N+](=O)[O-])cc3S(=O)(=O)O)n2)c(C)c1C. The Kier molecular flexibility index (Phi) is 8.67. The molecule has 0 aliphatic carbocycles. The van der Waals surface area contributed by atoms with E-state index in [4.69, 9.17) is 11.6 Å². The summed E-state index contributed by atoms with van der Waals surface area (Å²) in [6.07, 6.45) is 0. The Balaban J connectivity index is 1.71. The Morgan fingerprint density at radius 1 is 0.773 bits per heavy atom. The van der Waals surface area contributed by atoms with E-state index in [1.165, 1.54) is 12.1 Å². The van der Waals surface area contributed by atoms with E-state index in [1.54, 1.807) is 0 Å². The third-order valence-electron chi connectivity index (χ3n) is 7.09. The fourth-order valence-electron chi connectivity index (χ4n) is 4.40. The van der Waals surface area contributed by atoms with Crippen molar-refractivity contribution in [2.75, 3.05) is 16.0 Å². The zero-order chi connectivity index (χ0) is 32.7. The number of benzene rings is 3. The summed E-state index contributed by atoms with van der Waals surface area (Å²) in [7, 11) is -4.93. The zero-order valence-corrected chi connectivity index (χ0v) is 25.3. The largest absolute Gasteiger partial charge is 0.350 e. The maximum atomic E-state index is 14.2. The second kappa shape index (κ2) is 11.9. The first-order valence-corrected chi connectivity index (χ1v) is 14.3. The van der Waals surface area contributed by atoms with Gasteiger partial charge in [0.15, 0.2) is 0 Å². The van der Waals surface area contributed by atoms with Gasteiger partial charge in [-0.25, -0.2) is 0 Å². The third-order valence-corrected chi connectivity index (χ3v) is 8.15. The van der Waals surface area contributed by atoms with Gasteiger partial charge >= 0.3 is 5.69 Å². The van der Waals surface area contributed by atoms with Crippen molar-refractivity contribution in [3.05, 3.63) is 89.5 Å². The van der Waals surface area contributed by atoms with Crippen LogP contribution in [0.4, 0.5) is 50.4 Å². The van der Waals surface area contributed by atoms with Crippen LogP contribution in [0.15, 0.2) is 35.2 Å². The number of nitrogens with zero attached hydrogens (tertiary/aromatic N) is 5. The van der Waals surface area contributed by atoms with E-state index in [-0.39, 0.29) is 28.6 Å². The summed E-state index contributed by atoms with van der Waals surface area (Å²) in [5.41, 5.74) is 3.12. The van der Waals surface area contributed by atoms with Gasteiger partial charge in [0, 0.05) is 17.4 Å². The standard InChI is InChI=1S/C26H24ClFN8O7S/c1-11-12(2)14(4)23(15(5)13(11)3)31-26-33-24(27)32-25(34-26)30-18-7-6-16(8-22(18)44(41,42)43)29-19-9-17(28)20(35(37)38)10-21(19)36(39)40/h6-10,29H,1-5H3,(H,41,42,43)(H2,30,31,32,33,34). The van der Waals surface area contributed by atoms with Crippen LogP contribution in [0.5, 0.6) is 0 Å². The normalized spacial score (nSPS) is 11.3. The van der Waals surface area contributed by atoms with Crippen LogP contribution in [0.1, 0.15) is 27.8 Å². The molecule has 1 heterocycles. The third kappa shape index (κ3) is 6.48. The number of nitro groups is 2. The maximum Gasteiger partial charge on any atom is 0.311 e. The highest BCUT2D eigenvalue weighted by molar-refractivity contribution is 7.86. The van der Waals surface area contributed by atoms with Gasteiger partial charge in [-0.3, -0.25) is 24.8 Å². The van der Waals surface area contributed by atoms with Crippen molar-refractivity contribution < 1.29 is 27.2 Å². The molecule has 0 saturated carbocycles. The molecule has 0 aliphatic rings. The van der Waals surface area contributed by atoms with Crippen molar-refractivity contribution in [3.8, 4) is 0 Å². The van der Waals surface area contributed by atoms with Gasteiger partial charge in [0.1, 0.15) is 10.6 Å². The lowest BCUT2D eigenvalue weighted by molar-refractivity contribution is -0.395. The summed E-state index contributed by atoms with van der Waals surface area (Å²) < 4.78 is 48.8. The van der Waals surface area contributed by atoms with Crippen LogP contribution < -0.4 is 16.0 Å². The molecular weight excluding hydrogens is 623 g/mol. The number of hydrogen-bond acceptors (Lipinski definition) is 12. The number of halogens is 2. The summed E-state index contributed by atoms with van der Waals surface area (Å²) in [6.45, 7) is 9.87. The molecule has 44 heavy (non-hydrogen) atoms. The van der Waals surface area contributed by atoms with Crippen LogP contribution >= 0.6 is 11.6 Å². The van der Waals surface area contributed by atoms with Crippen molar-refractivity contribution in [1.29, 1.82) is 0 Å². The Labute approximate surface area is 254 Å². The molecule has 0 atom stereocenters. The van der Waals surface area contributed by atoms with E-state index < -0.39 is 47.7 Å². The number of nitrogens with one attached hydrogen (secondary N) is 3. The second-order valence-electron chi connectivity index (χ2n) is 9.65. The Bertz CT molecular complexity index is 1950. The minimum absolute atomic E-state index is 0.0422. The first-order valence-electron chi connectivity index (χ1n) is 12.5. The molecule has 4 rings (SSSR count). The average molecular weight is 647 g/mol. The molecule has 0 spiro atoms. The van der Waals surface area contributed by atoms with Gasteiger partial charge in [-0.2, -0.15) is 27.8 Å². The lowest BCUT2D eigenvalue weighted by atomic mass is 9.93.